The highest BCUT2D eigenvalue weighted by Crippen LogP contribution is 2.44. The van der Waals surface area contributed by atoms with E-state index in [-0.39, 0.29) is 0 Å². The highest BCUT2D eigenvalue weighted by Gasteiger charge is 2.24. The molecule has 0 aliphatic heterocycles. The van der Waals surface area contributed by atoms with E-state index in [9.17, 15) is 0 Å². The molecule has 294 valence electrons. The smallest absolute Gasteiger partial charge is 0.238 e. The van der Waals surface area contributed by atoms with Crippen molar-refractivity contribution in [2.75, 3.05) is 0 Å². The number of nitrogens with zero attached hydrogens (tertiary/aromatic N) is 5. The topological polar surface area (TPSA) is 61.7 Å². The van der Waals surface area contributed by atoms with E-state index in [0.717, 1.165) is 88.1 Å². The van der Waals surface area contributed by atoms with Gasteiger partial charge in [0.25, 0.3) is 0 Å². The van der Waals surface area contributed by atoms with Crippen molar-refractivity contribution in [3.63, 3.8) is 0 Å². The highest BCUT2D eigenvalue weighted by molar-refractivity contribution is 6.26. The van der Waals surface area contributed by atoms with Crippen molar-refractivity contribution in [1.82, 2.24) is 24.1 Å². The summed E-state index contributed by atoms with van der Waals surface area (Å²) in [5.74, 6) is 1.69. The number of hydrogen-bond donors (Lipinski definition) is 0. The lowest BCUT2D eigenvalue weighted by Gasteiger charge is -2.11. The average Bonchev–Trinajstić information content (AvgIpc) is 4.03. The molecule has 0 spiro atoms. The van der Waals surface area contributed by atoms with Crippen LogP contribution >= 0.6 is 0 Å². The number of rotatable bonds is 6. The quantitative estimate of drug-likeness (QED) is 0.168. The van der Waals surface area contributed by atoms with Gasteiger partial charge in [0.15, 0.2) is 22.8 Å². The van der Waals surface area contributed by atoms with E-state index >= 15 is 0 Å². The molecule has 0 saturated carbocycles. The van der Waals surface area contributed by atoms with Gasteiger partial charge in [0.2, 0.25) is 5.95 Å². The van der Waals surface area contributed by atoms with Crippen molar-refractivity contribution < 1.29 is 4.42 Å². The third-order valence-electron chi connectivity index (χ3n) is 12.4. The Morgan fingerprint density at radius 1 is 0.302 bits per heavy atom. The second kappa shape index (κ2) is 14.0. The van der Waals surface area contributed by atoms with Crippen LogP contribution in [0.3, 0.4) is 0 Å². The Morgan fingerprint density at radius 3 is 1.37 bits per heavy atom. The van der Waals surface area contributed by atoms with Gasteiger partial charge < -0.3 is 8.98 Å². The fourth-order valence-corrected chi connectivity index (χ4v) is 9.48. The Bertz CT molecular complexity index is 3890. The normalized spacial score (nSPS) is 11.8. The predicted octanol–water partition coefficient (Wildman–Crippen LogP) is 14.6. The molecule has 0 aliphatic rings. The van der Waals surface area contributed by atoms with Gasteiger partial charge in [-0.3, -0.25) is 4.57 Å². The summed E-state index contributed by atoms with van der Waals surface area (Å²) in [7, 11) is 0. The van der Waals surface area contributed by atoms with Crippen molar-refractivity contribution in [3.05, 3.63) is 212 Å². The summed E-state index contributed by atoms with van der Waals surface area (Å²) in [6.07, 6.45) is 0. The average molecular weight is 806 g/mol. The lowest BCUT2D eigenvalue weighted by molar-refractivity contribution is 0.673. The van der Waals surface area contributed by atoms with Crippen molar-refractivity contribution in [1.29, 1.82) is 0 Å². The minimum atomic E-state index is 0.515. The first-order chi connectivity index (χ1) is 31.2. The minimum Gasteiger partial charge on any atom is -0.452 e. The standard InChI is InChI=1S/C57H35N5O/c1-4-15-36(16-5-1)38-27-29-42(30-28-38)61-49-25-12-10-23-43(49)45-31-33-47-48-34-32-46-44-24-11-13-26-50(44)62(52(46)54(48)63-53(47)51(45)61)57-59-55(39-19-8-3-9-20-39)58-56(60-57)41-22-14-21-40(35-41)37-17-6-2-7-18-37/h1-35H. The first kappa shape index (κ1) is 35.2. The Kier molecular flexibility index (Phi) is 7.80. The van der Waals surface area contributed by atoms with Crippen molar-refractivity contribution in [2.24, 2.45) is 0 Å². The number of para-hydroxylation sites is 2. The molecule has 0 fully saturated rings. The summed E-state index contributed by atoms with van der Waals surface area (Å²) in [6, 6.07) is 74.3. The molecule has 13 rings (SSSR count). The van der Waals surface area contributed by atoms with Crippen LogP contribution in [0.1, 0.15) is 0 Å². The molecule has 0 radical (unpaired) electrons. The van der Waals surface area contributed by atoms with Gasteiger partial charge >= 0.3 is 0 Å². The Balaban J connectivity index is 1.09. The number of furan rings is 1. The van der Waals surface area contributed by atoms with Gasteiger partial charge in [-0.25, -0.2) is 4.98 Å². The zero-order valence-electron chi connectivity index (χ0n) is 33.9. The Labute approximate surface area is 361 Å². The lowest BCUT2D eigenvalue weighted by Crippen LogP contribution is -2.06. The molecule has 6 nitrogen and oxygen atoms in total. The molecule has 4 aromatic heterocycles. The van der Waals surface area contributed by atoms with Crippen LogP contribution in [-0.4, -0.2) is 24.1 Å². The molecule has 9 aromatic carbocycles. The van der Waals surface area contributed by atoms with E-state index in [1.165, 1.54) is 16.5 Å². The van der Waals surface area contributed by atoms with E-state index in [1.54, 1.807) is 0 Å². The largest absolute Gasteiger partial charge is 0.452 e. The first-order valence-electron chi connectivity index (χ1n) is 21.2. The van der Waals surface area contributed by atoms with Crippen LogP contribution in [0.2, 0.25) is 0 Å². The van der Waals surface area contributed by atoms with Crippen molar-refractivity contribution >= 4 is 65.6 Å². The summed E-state index contributed by atoms with van der Waals surface area (Å²) in [4.78, 5) is 15.7. The molecule has 0 unspecified atom stereocenters. The van der Waals surface area contributed by atoms with Gasteiger partial charge in [0.05, 0.1) is 16.6 Å². The highest BCUT2D eigenvalue weighted by atomic mass is 16.3. The van der Waals surface area contributed by atoms with Gasteiger partial charge in [0, 0.05) is 49.1 Å². The van der Waals surface area contributed by atoms with Crippen LogP contribution in [0.25, 0.3) is 122 Å². The van der Waals surface area contributed by atoms with Gasteiger partial charge in [-0.15, -0.1) is 0 Å². The Morgan fingerprint density at radius 2 is 0.746 bits per heavy atom. The predicted molar refractivity (Wildman–Crippen MR) is 258 cm³/mol. The molecule has 0 N–H and O–H groups in total. The maximum absolute atomic E-state index is 7.34. The van der Waals surface area contributed by atoms with E-state index in [0.29, 0.717) is 17.6 Å². The summed E-state index contributed by atoms with van der Waals surface area (Å²) in [6.45, 7) is 0. The molecule has 63 heavy (non-hydrogen) atoms. The number of hydrogen-bond acceptors (Lipinski definition) is 4. The van der Waals surface area contributed by atoms with Crippen LogP contribution < -0.4 is 0 Å². The number of aromatic nitrogens is 5. The van der Waals surface area contributed by atoms with E-state index in [2.05, 4.69) is 185 Å². The zero-order valence-corrected chi connectivity index (χ0v) is 33.9. The van der Waals surface area contributed by atoms with Gasteiger partial charge in [-0.1, -0.05) is 170 Å². The fourth-order valence-electron chi connectivity index (χ4n) is 9.48. The summed E-state index contributed by atoms with van der Waals surface area (Å²) in [5, 5.41) is 6.51. The van der Waals surface area contributed by atoms with Crippen LogP contribution in [0, 0.1) is 0 Å². The SMILES string of the molecule is c1ccc(-c2ccc(-n3c4ccccc4c4ccc5c6ccc7c8ccccc8n(-c8nc(-c9ccccc9)nc(-c9cccc(-c%10ccccc%10)c9)n8)c7c6oc5c43)cc2)cc1. The molecular formula is C57H35N5O. The van der Waals surface area contributed by atoms with E-state index in [4.69, 9.17) is 19.4 Å². The Hall–Kier alpha value is -8.61. The molecule has 0 atom stereocenters. The second-order valence-electron chi connectivity index (χ2n) is 16.0. The van der Waals surface area contributed by atoms with Crippen LogP contribution in [0.5, 0.6) is 0 Å². The molecule has 4 heterocycles. The molecule has 0 bridgehead atoms. The molecule has 0 aliphatic carbocycles. The van der Waals surface area contributed by atoms with E-state index < -0.39 is 0 Å². The number of fused-ring (bicyclic) bond motifs is 11. The molecule has 13 aromatic rings. The third kappa shape index (κ3) is 5.55. The summed E-state index contributed by atoms with van der Waals surface area (Å²) in [5.41, 5.74) is 13.1. The fraction of sp³-hybridized carbons (Fsp3) is 0. The van der Waals surface area contributed by atoms with Crippen LogP contribution in [-0.2, 0) is 0 Å². The van der Waals surface area contributed by atoms with Gasteiger partial charge in [-0.05, 0) is 64.7 Å². The monoisotopic (exact) mass is 805 g/mol. The maximum atomic E-state index is 7.34. The van der Waals surface area contributed by atoms with Crippen molar-refractivity contribution in [3.8, 4) is 56.7 Å². The maximum Gasteiger partial charge on any atom is 0.238 e. The first-order valence-corrected chi connectivity index (χ1v) is 21.2. The second-order valence-corrected chi connectivity index (χ2v) is 16.0. The van der Waals surface area contributed by atoms with Crippen LogP contribution in [0.4, 0.5) is 0 Å². The number of benzene rings is 9. The van der Waals surface area contributed by atoms with Gasteiger partial charge in [-0.2, -0.15) is 9.97 Å². The summed E-state index contributed by atoms with van der Waals surface area (Å²) < 4.78 is 11.9. The van der Waals surface area contributed by atoms with Crippen LogP contribution in [0.15, 0.2) is 217 Å². The molecule has 6 heteroatoms. The molecule has 0 saturated heterocycles. The van der Waals surface area contributed by atoms with Gasteiger partial charge in [0.1, 0.15) is 5.52 Å². The third-order valence-corrected chi connectivity index (χ3v) is 12.4. The zero-order chi connectivity index (χ0) is 41.4. The lowest BCUT2D eigenvalue weighted by atomic mass is 10.0. The van der Waals surface area contributed by atoms with E-state index in [1.807, 2.05) is 36.4 Å². The molecule has 0 amide bonds. The summed E-state index contributed by atoms with van der Waals surface area (Å²) >= 11 is 0. The molecular weight excluding hydrogens is 771 g/mol. The minimum absolute atomic E-state index is 0.515. The van der Waals surface area contributed by atoms with Crippen molar-refractivity contribution in [2.45, 2.75) is 0 Å².